The van der Waals surface area contributed by atoms with Crippen molar-refractivity contribution in [2.24, 2.45) is 0 Å². The van der Waals surface area contributed by atoms with Crippen LogP contribution in [0.5, 0.6) is 5.75 Å². The topological polar surface area (TPSA) is 72.5 Å². The monoisotopic (exact) mass is 477 g/mol. The third kappa shape index (κ3) is 3.69. The van der Waals surface area contributed by atoms with E-state index in [0.717, 1.165) is 68.2 Å². The summed E-state index contributed by atoms with van der Waals surface area (Å²) in [5, 5.41) is 0.118. The van der Waals surface area contributed by atoms with Crippen LogP contribution in [0.25, 0.3) is 0 Å². The lowest BCUT2D eigenvalue weighted by Crippen LogP contribution is -2.39. The summed E-state index contributed by atoms with van der Waals surface area (Å²) in [6, 6.07) is 6.83. The second-order valence-electron chi connectivity index (χ2n) is 9.09. The van der Waals surface area contributed by atoms with Gasteiger partial charge in [-0.2, -0.15) is 0 Å². The molecule has 0 bridgehead atoms. The van der Waals surface area contributed by atoms with Crippen LogP contribution < -0.4 is 9.46 Å². The van der Waals surface area contributed by atoms with E-state index in [1.807, 2.05) is 0 Å². The number of carbonyl (C=O) groups is 1. The fraction of sp³-hybridized carbons (Fsp3) is 0.458. The van der Waals surface area contributed by atoms with Gasteiger partial charge in [-0.25, -0.2) is 12.8 Å². The molecule has 5 nitrogen and oxygen atoms in total. The number of ether oxygens (including phenoxy) is 1. The number of hydrogen-bond donors (Lipinski definition) is 1. The van der Waals surface area contributed by atoms with Crippen LogP contribution in [0.2, 0.25) is 5.02 Å². The molecule has 0 aliphatic heterocycles. The Morgan fingerprint density at radius 2 is 1.81 bits per heavy atom. The molecule has 0 unspecified atom stereocenters. The molecule has 1 spiro atoms. The number of rotatable bonds is 5. The summed E-state index contributed by atoms with van der Waals surface area (Å²) in [7, 11) is -4.19. The smallest absolute Gasteiger partial charge is 0.264 e. The highest BCUT2D eigenvalue weighted by molar-refractivity contribution is 7.92. The molecule has 5 rings (SSSR count). The van der Waals surface area contributed by atoms with Crippen molar-refractivity contribution in [2.45, 2.75) is 74.2 Å². The molecule has 8 heteroatoms. The van der Waals surface area contributed by atoms with Gasteiger partial charge in [0.15, 0.2) is 0 Å². The van der Waals surface area contributed by atoms with E-state index in [9.17, 15) is 17.6 Å². The summed E-state index contributed by atoms with van der Waals surface area (Å²) in [5.41, 5.74) is 1.48. The molecule has 2 saturated carbocycles. The first-order chi connectivity index (χ1) is 15.3. The van der Waals surface area contributed by atoms with Crippen LogP contribution in [0.3, 0.4) is 0 Å². The number of anilines is 1. The Balaban J connectivity index is 1.54. The van der Waals surface area contributed by atoms with E-state index in [0.29, 0.717) is 12.2 Å². The second kappa shape index (κ2) is 8.03. The molecule has 2 aromatic rings. The largest absolute Gasteiger partial charge is 0.490 e. The van der Waals surface area contributed by atoms with Gasteiger partial charge in [0, 0.05) is 23.1 Å². The van der Waals surface area contributed by atoms with Crippen LogP contribution >= 0.6 is 11.6 Å². The molecule has 3 aliphatic rings. The standard InChI is InChI=1S/C24H25ClFNO4S/c25-15-7-8-22(20(26)11-15)32(29,30)27-16-12-19-18(14-23(28)24(19)9-4-10-24)21(13-16)31-17-5-2-1-3-6-17/h7-8,11-13,17,27H,1-6,9-10,14H2. The molecule has 0 saturated heterocycles. The lowest BCUT2D eigenvalue weighted by Gasteiger charge is -2.38. The Bertz CT molecular complexity index is 1190. The van der Waals surface area contributed by atoms with Gasteiger partial charge in [-0.05, 0) is 68.4 Å². The number of fused-ring (bicyclic) bond motifs is 2. The molecule has 170 valence electrons. The highest BCUT2D eigenvalue weighted by Crippen LogP contribution is 2.53. The highest BCUT2D eigenvalue weighted by Gasteiger charge is 2.51. The van der Waals surface area contributed by atoms with Crippen molar-refractivity contribution in [3.63, 3.8) is 0 Å². The number of halogens is 2. The van der Waals surface area contributed by atoms with E-state index in [2.05, 4.69) is 4.72 Å². The second-order valence-corrected chi connectivity index (χ2v) is 11.2. The molecular weight excluding hydrogens is 453 g/mol. The van der Waals surface area contributed by atoms with Crippen LogP contribution in [-0.2, 0) is 26.7 Å². The van der Waals surface area contributed by atoms with Gasteiger partial charge in [0.2, 0.25) is 0 Å². The molecule has 0 amide bonds. The number of carbonyl (C=O) groups excluding carboxylic acids is 1. The van der Waals surface area contributed by atoms with Crippen molar-refractivity contribution in [2.75, 3.05) is 4.72 Å². The summed E-state index contributed by atoms with van der Waals surface area (Å²) in [5.74, 6) is -0.174. The van der Waals surface area contributed by atoms with Crippen LogP contribution in [0.15, 0.2) is 35.2 Å². The van der Waals surface area contributed by atoms with Gasteiger partial charge < -0.3 is 4.74 Å². The summed E-state index contributed by atoms with van der Waals surface area (Å²) < 4.78 is 49.0. The Hall–Kier alpha value is -2.12. The predicted octanol–water partition coefficient (Wildman–Crippen LogP) is 5.54. The lowest BCUT2D eigenvalue weighted by atomic mass is 9.64. The molecule has 0 aromatic heterocycles. The number of Topliss-reactive ketones (excluding diaryl/α,β-unsaturated/α-hetero) is 1. The van der Waals surface area contributed by atoms with E-state index in [1.54, 1.807) is 12.1 Å². The molecule has 1 N–H and O–H groups in total. The fourth-order valence-corrected chi connectivity index (χ4v) is 6.50. The Morgan fingerprint density at radius 1 is 1.06 bits per heavy atom. The van der Waals surface area contributed by atoms with Crippen LogP contribution in [0.1, 0.15) is 62.5 Å². The molecule has 2 fully saturated rings. The summed E-state index contributed by atoms with van der Waals surface area (Å²) in [6.07, 6.45) is 8.14. The zero-order valence-electron chi connectivity index (χ0n) is 17.6. The van der Waals surface area contributed by atoms with E-state index in [4.69, 9.17) is 16.3 Å². The van der Waals surface area contributed by atoms with Gasteiger partial charge in [-0.1, -0.05) is 24.4 Å². The van der Waals surface area contributed by atoms with Crippen molar-refractivity contribution >= 4 is 33.1 Å². The van der Waals surface area contributed by atoms with Gasteiger partial charge in [-0.15, -0.1) is 0 Å². The summed E-state index contributed by atoms with van der Waals surface area (Å²) in [4.78, 5) is 12.4. The van der Waals surface area contributed by atoms with Crippen molar-refractivity contribution in [1.29, 1.82) is 0 Å². The molecule has 0 heterocycles. The maximum atomic E-state index is 14.3. The molecular formula is C24H25ClFNO4S. The Morgan fingerprint density at radius 3 is 2.47 bits per heavy atom. The summed E-state index contributed by atoms with van der Waals surface area (Å²) >= 11 is 5.77. The molecule has 3 aliphatic carbocycles. The molecule has 2 aromatic carbocycles. The van der Waals surface area contributed by atoms with Gasteiger partial charge in [0.05, 0.1) is 17.2 Å². The van der Waals surface area contributed by atoms with Crippen molar-refractivity contribution in [1.82, 2.24) is 0 Å². The molecule has 32 heavy (non-hydrogen) atoms. The third-order valence-corrected chi connectivity index (χ3v) is 8.73. The van der Waals surface area contributed by atoms with Gasteiger partial charge >= 0.3 is 0 Å². The quantitative estimate of drug-likeness (QED) is 0.613. The first-order valence-corrected chi connectivity index (χ1v) is 13.0. The minimum atomic E-state index is -4.19. The minimum Gasteiger partial charge on any atom is -0.490 e. The maximum absolute atomic E-state index is 14.3. The number of hydrogen-bond acceptors (Lipinski definition) is 4. The Labute approximate surface area is 192 Å². The van der Waals surface area contributed by atoms with Crippen molar-refractivity contribution < 1.29 is 22.3 Å². The summed E-state index contributed by atoms with van der Waals surface area (Å²) in [6.45, 7) is 0. The van der Waals surface area contributed by atoms with Gasteiger partial charge in [0.1, 0.15) is 22.2 Å². The number of benzene rings is 2. The first kappa shape index (κ1) is 21.7. The predicted molar refractivity (Wildman–Crippen MR) is 120 cm³/mol. The number of nitrogens with one attached hydrogen (secondary N) is 1. The minimum absolute atomic E-state index is 0.0569. The van der Waals surface area contributed by atoms with Crippen LogP contribution in [0, 0.1) is 5.82 Å². The van der Waals surface area contributed by atoms with E-state index < -0.39 is 26.2 Å². The molecule has 0 atom stereocenters. The number of ketones is 1. The zero-order valence-corrected chi connectivity index (χ0v) is 19.2. The Kier molecular flexibility index (Phi) is 5.45. The van der Waals surface area contributed by atoms with Crippen LogP contribution in [-0.4, -0.2) is 20.3 Å². The van der Waals surface area contributed by atoms with E-state index in [-0.39, 0.29) is 22.6 Å². The number of sulfonamides is 1. The van der Waals surface area contributed by atoms with E-state index >= 15 is 0 Å². The first-order valence-electron chi connectivity index (χ1n) is 11.1. The normalized spacial score (nSPS) is 20.1. The molecule has 0 radical (unpaired) electrons. The van der Waals surface area contributed by atoms with Crippen molar-refractivity contribution in [3.05, 3.63) is 52.3 Å². The maximum Gasteiger partial charge on any atom is 0.264 e. The van der Waals surface area contributed by atoms with Gasteiger partial charge in [0.25, 0.3) is 10.0 Å². The van der Waals surface area contributed by atoms with Gasteiger partial charge in [-0.3, -0.25) is 9.52 Å². The SMILES string of the molecule is O=C1Cc2c(OC3CCCCC3)cc(NS(=O)(=O)c3ccc(Cl)cc3F)cc2C12CCC2. The van der Waals surface area contributed by atoms with Crippen LogP contribution in [0.4, 0.5) is 10.1 Å². The third-order valence-electron chi connectivity index (χ3n) is 7.08. The zero-order chi connectivity index (χ0) is 22.5. The highest BCUT2D eigenvalue weighted by atomic mass is 35.5. The van der Waals surface area contributed by atoms with E-state index in [1.165, 1.54) is 12.5 Å². The van der Waals surface area contributed by atoms with Crippen molar-refractivity contribution in [3.8, 4) is 5.75 Å². The fourth-order valence-electron chi connectivity index (χ4n) is 5.24. The lowest BCUT2D eigenvalue weighted by molar-refractivity contribution is -0.125. The average molecular weight is 478 g/mol. The average Bonchev–Trinajstić information content (AvgIpc) is 3.00.